The summed E-state index contributed by atoms with van der Waals surface area (Å²) in [6.45, 7) is 4.08. The van der Waals surface area contributed by atoms with E-state index in [4.69, 9.17) is 16.3 Å². The molecule has 0 aliphatic rings. The fraction of sp³-hybridized carbons (Fsp3) is 0.429. The molecule has 0 aliphatic heterocycles. The van der Waals surface area contributed by atoms with E-state index in [1.54, 1.807) is 19.5 Å². The Hall–Kier alpha value is -0.950. The van der Waals surface area contributed by atoms with Crippen LogP contribution in [0.15, 0.2) is 29.0 Å². The van der Waals surface area contributed by atoms with Crippen molar-refractivity contribution in [2.45, 2.75) is 19.5 Å². The molecule has 0 saturated carbocycles. The van der Waals surface area contributed by atoms with Gasteiger partial charge in [-0.25, -0.2) is 0 Å². The molecule has 0 spiro atoms. The highest BCUT2D eigenvalue weighted by molar-refractivity contribution is 9.10. The molecular formula is C14H18BrClN4O. The van der Waals surface area contributed by atoms with Crippen molar-refractivity contribution in [2.75, 3.05) is 20.3 Å². The van der Waals surface area contributed by atoms with Crippen LogP contribution in [0.1, 0.15) is 24.4 Å². The second-order valence-corrected chi connectivity index (χ2v) is 5.81. The van der Waals surface area contributed by atoms with Crippen LogP contribution >= 0.6 is 27.5 Å². The zero-order chi connectivity index (χ0) is 15.2. The van der Waals surface area contributed by atoms with Crippen LogP contribution in [0.2, 0.25) is 5.02 Å². The molecule has 2 aromatic rings. The number of rotatable bonds is 7. The summed E-state index contributed by atoms with van der Waals surface area (Å²) in [7, 11) is 1.67. The molecule has 0 bridgehead atoms. The molecule has 1 atom stereocenters. The number of aromatic nitrogens is 3. The summed E-state index contributed by atoms with van der Waals surface area (Å²) in [5.41, 5.74) is 1.81. The maximum atomic E-state index is 6.33. The molecule has 21 heavy (non-hydrogen) atoms. The summed E-state index contributed by atoms with van der Waals surface area (Å²) >= 11 is 9.74. The van der Waals surface area contributed by atoms with Crippen LogP contribution in [0, 0.1) is 0 Å². The van der Waals surface area contributed by atoms with E-state index in [2.05, 4.69) is 38.3 Å². The maximum absolute atomic E-state index is 6.33. The molecule has 0 aliphatic carbocycles. The van der Waals surface area contributed by atoms with Crippen LogP contribution in [0.25, 0.3) is 0 Å². The van der Waals surface area contributed by atoms with E-state index >= 15 is 0 Å². The summed E-state index contributed by atoms with van der Waals surface area (Å²) in [6.07, 6.45) is 3.44. The highest BCUT2D eigenvalue weighted by atomic mass is 79.9. The number of methoxy groups -OCH3 is 1. The Kier molecular flexibility index (Phi) is 6.17. The molecule has 114 valence electrons. The van der Waals surface area contributed by atoms with Crippen molar-refractivity contribution in [1.29, 1.82) is 0 Å². The van der Waals surface area contributed by atoms with E-state index in [-0.39, 0.29) is 6.04 Å². The Labute approximate surface area is 137 Å². The molecule has 0 fully saturated rings. The van der Waals surface area contributed by atoms with E-state index in [0.29, 0.717) is 18.2 Å². The minimum absolute atomic E-state index is 0.102. The van der Waals surface area contributed by atoms with Gasteiger partial charge in [-0.2, -0.15) is 5.10 Å². The molecule has 0 saturated heterocycles. The van der Waals surface area contributed by atoms with E-state index in [1.807, 2.05) is 16.8 Å². The number of hydrogen-bond acceptors (Lipinski definition) is 4. The lowest BCUT2D eigenvalue weighted by atomic mass is 10.1. The van der Waals surface area contributed by atoms with Crippen molar-refractivity contribution >= 4 is 27.5 Å². The van der Waals surface area contributed by atoms with Gasteiger partial charge in [0.2, 0.25) is 0 Å². The van der Waals surface area contributed by atoms with E-state index in [0.717, 1.165) is 22.4 Å². The first-order valence-corrected chi connectivity index (χ1v) is 7.89. The first-order chi connectivity index (χ1) is 10.2. The van der Waals surface area contributed by atoms with Crippen molar-refractivity contribution in [1.82, 2.24) is 20.1 Å². The van der Waals surface area contributed by atoms with Crippen LogP contribution in [0.5, 0.6) is 0 Å². The highest BCUT2D eigenvalue weighted by Crippen LogP contribution is 2.27. The Balaban J connectivity index is 2.37. The van der Waals surface area contributed by atoms with E-state index in [9.17, 15) is 0 Å². The van der Waals surface area contributed by atoms with Crippen molar-refractivity contribution in [3.63, 3.8) is 0 Å². The third-order valence-corrected chi connectivity index (χ3v) is 3.83. The molecular weight excluding hydrogens is 356 g/mol. The number of nitrogens with zero attached hydrogens (tertiary/aromatic N) is 3. The summed E-state index contributed by atoms with van der Waals surface area (Å²) < 4.78 is 7.93. The number of halogens is 2. The second-order valence-electron chi connectivity index (χ2n) is 4.49. The quantitative estimate of drug-likeness (QED) is 0.810. The van der Waals surface area contributed by atoms with E-state index in [1.165, 1.54) is 0 Å². The van der Waals surface area contributed by atoms with Gasteiger partial charge in [0.15, 0.2) is 0 Å². The zero-order valence-corrected chi connectivity index (χ0v) is 14.4. The summed E-state index contributed by atoms with van der Waals surface area (Å²) in [5.74, 6) is 0. The molecule has 1 unspecified atom stereocenters. The topological polar surface area (TPSA) is 52.0 Å². The van der Waals surface area contributed by atoms with Gasteiger partial charge in [0.25, 0.3) is 0 Å². The van der Waals surface area contributed by atoms with Gasteiger partial charge < -0.3 is 10.1 Å². The van der Waals surface area contributed by atoms with Crippen molar-refractivity contribution in [3.05, 3.63) is 45.4 Å². The number of hydrogen-bond donors (Lipinski definition) is 1. The molecule has 2 rings (SSSR count). The van der Waals surface area contributed by atoms with Gasteiger partial charge in [-0.3, -0.25) is 9.67 Å². The number of ether oxygens (including phenoxy) is 1. The standard InChI is InChI=1S/C14H18BrClN4O/c1-3-17-13(12-5-4-10(15)8-18-12)14-11(16)9-19-20(14)6-7-21-2/h4-5,8-9,13,17H,3,6-7H2,1-2H3. The monoisotopic (exact) mass is 372 g/mol. The summed E-state index contributed by atoms with van der Waals surface area (Å²) in [5, 5.41) is 8.37. The summed E-state index contributed by atoms with van der Waals surface area (Å²) in [4.78, 5) is 4.48. The lowest BCUT2D eigenvalue weighted by Gasteiger charge is -2.19. The molecule has 1 N–H and O–H groups in total. The molecule has 7 heteroatoms. The summed E-state index contributed by atoms with van der Waals surface area (Å²) in [6, 6.07) is 3.84. The van der Waals surface area contributed by atoms with Gasteiger partial charge in [-0.15, -0.1) is 0 Å². The Morgan fingerprint density at radius 3 is 2.86 bits per heavy atom. The van der Waals surface area contributed by atoms with E-state index < -0.39 is 0 Å². The third kappa shape index (κ3) is 4.03. The highest BCUT2D eigenvalue weighted by Gasteiger charge is 2.22. The van der Waals surface area contributed by atoms with Crippen LogP contribution in [0.4, 0.5) is 0 Å². The second kappa shape index (κ2) is 7.89. The first-order valence-electron chi connectivity index (χ1n) is 6.72. The van der Waals surface area contributed by atoms with Gasteiger partial charge >= 0.3 is 0 Å². The third-order valence-electron chi connectivity index (χ3n) is 3.07. The lowest BCUT2D eigenvalue weighted by Crippen LogP contribution is -2.26. The largest absolute Gasteiger partial charge is 0.383 e. The fourth-order valence-electron chi connectivity index (χ4n) is 2.12. The molecule has 0 radical (unpaired) electrons. The van der Waals surface area contributed by atoms with Crippen LogP contribution in [0.3, 0.4) is 0 Å². The van der Waals surface area contributed by atoms with Crippen LogP contribution < -0.4 is 5.32 Å². The molecule has 2 heterocycles. The van der Waals surface area contributed by atoms with Crippen LogP contribution in [-0.4, -0.2) is 35.0 Å². The first kappa shape index (κ1) is 16.4. The van der Waals surface area contributed by atoms with Gasteiger partial charge in [0.1, 0.15) is 0 Å². The van der Waals surface area contributed by atoms with Gasteiger partial charge in [0.05, 0.1) is 41.8 Å². The van der Waals surface area contributed by atoms with Crippen molar-refractivity contribution in [2.24, 2.45) is 0 Å². The normalized spacial score (nSPS) is 12.6. The fourth-order valence-corrected chi connectivity index (χ4v) is 2.60. The average molecular weight is 374 g/mol. The smallest absolute Gasteiger partial charge is 0.0937 e. The minimum Gasteiger partial charge on any atom is -0.383 e. The SMILES string of the molecule is CCNC(c1ccc(Br)cn1)c1c(Cl)cnn1CCOC. The average Bonchev–Trinajstić information content (AvgIpc) is 2.84. The molecule has 0 aromatic carbocycles. The predicted octanol–water partition coefficient (Wildman–Crippen LogP) is 3.04. The number of nitrogens with one attached hydrogen (secondary N) is 1. The molecule has 5 nitrogen and oxygen atoms in total. The molecule has 0 amide bonds. The van der Waals surface area contributed by atoms with Gasteiger partial charge in [-0.05, 0) is 34.6 Å². The number of pyridine rings is 1. The van der Waals surface area contributed by atoms with Gasteiger partial charge in [-0.1, -0.05) is 18.5 Å². The Bertz CT molecular complexity index is 573. The van der Waals surface area contributed by atoms with Crippen LogP contribution in [-0.2, 0) is 11.3 Å². The van der Waals surface area contributed by atoms with Crippen molar-refractivity contribution in [3.8, 4) is 0 Å². The van der Waals surface area contributed by atoms with Crippen molar-refractivity contribution < 1.29 is 4.74 Å². The minimum atomic E-state index is -0.102. The zero-order valence-electron chi connectivity index (χ0n) is 12.0. The predicted molar refractivity (Wildman–Crippen MR) is 86.6 cm³/mol. The molecule has 2 aromatic heterocycles. The lowest BCUT2D eigenvalue weighted by molar-refractivity contribution is 0.182. The Morgan fingerprint density at radius 2 is 2.24 bits per heavy atom. The van der Waals surface area contributed by atoms with Gasteiger partial charge in [0, 0.05) is 17.8 Å². The Morgan fingerprint density at radius 1 is 1.43 bits per heavy atom. The maximum Gasteiger partial charge on any atom is 0.0937 e.